The highest BCUT2D eigenvalue weighted by Crippen LogP contribution is 2.31. The Morgan fingerprint density at radius 2 is 1.76 bits per heavy atom. The second-order valence-corrected chi connectivity index (χ2v) is 7.95. The van der Waals surface area contributed by atoms with E-state index in [1.165, 1.54) is 0 Å². The van der Waals surface area contributed by atoms with Crippen molar-refractivity contribution in [3.05, 3.63) is 82.7 Å². The molecular formula is C26H24N2O5. The number of fused-ring (bicyclic) bond motifs is 2. The minimum absolute atomic E-state index is 0.218. The van der Waals surface area contributed by atoms with Crippen molar-refractivity contribution < 1.29 is 23.5 Å². The zero-order valence-corrected chi connectivity index (χ0v) is 18.5. The van der Waals surface area contributed by atoms with Gasteiger partial charge in [0.15, 0.2) is 11.5 Å². The van der Waals surface area contributed by atoms with Crippen molar-refractivity contribution in [3.63, 3.8) is 0 Å². The van der Waals surface area contributed by atoms with Gasteiger partial charge in [0, 0.05) is 6.54 Å². The molecule has 0 radical (unpaired) electrons. The summed E-state index contributed by atoms with van der Waals surface area (Å²) in [5.74, 6) is 2.42. The fraction of sp³-hybridized carbons (Fsp3) is 0.231. The lowest BCUT2D eigenvalue weighted by Gasteiger charge is -2.19. The molecule has 33 heavy (non-hydrogen) atoms. The summed E-state index contributed by atoms with van der Waals surface area (Å²) in [5.41, 5.74) is 3.05. The van der Waals surface area contributed by atoms with Gasteiger partial charge < -0.3 is 24.1 Å². The summed E-state index contributed by atoms with van der Waals surface area (Å²) in [6.07, 6.45) is 0. The van der Waals surface area contributed by atoms with Gasteiger partial charge >= 0.3 is 0 Å². The first-order chi connectivity index (χ1) is 16.1. The van der Waals surface area contributed by atoms with Gasteiger partial charge in [-0.2, -0.15) is 0 Å². The van der Waals surface area contributed by atoms with E-state index in [0.717, 1.165) is 33.3 Å². The number of hydrogen-bond donors (Lipinski definition) is 1. The zero-order chi connectivity index (χ0) is 22.8. The molecule has 0 fully saturated rings. The van der Waals surface area contributed by atoms with Crippen LogP contribution in [-0.4, -0.2) is 24.3 Å². The van der Waals surface area contributed by atoms with Gasteiger partial charge in [-0.15, -0.1) is 0 Å². The van der Waals surface area contributed by atoms with E-state index in [1.54, 1.807) is 0 Å². The van der Waals surface area contributed by atoms with Crippen LogP contribution in [0.25, 0.3) is 10.8 Å². The van der Waals surface area contributed by atoms with E-state index in [4.69, 9.17) is 18.7 Å². The van der Waals surface area contributed by atoms with Gasteiger partial charge in [0.25, 0.3) is 5.91 Å². The molecule has 1 aromatic heterocycles. The van der Waals surface area contributed by atoms with Gasteiger partial charge in [-0.1, -0.05) is 35.5 Å². The van der Waals surface area contributed by atoms with Crippen molar-refractivity contribution in [2.24, 2.45) is 0 Å². The first-order valence-electron chi connectivity index (χ1n) is 10.8. The molecule has 3 aromatic carbocycles. The maximum Gasteiger partial charge on any atom is 0.255 e. The molecule has 4 aromatic rings. The Kier molecular flexibility index (Phi) is 5.60. The standard InChI is InChI=1S/C26H24N2O5/c1-16-22(17(2)33-28-16)15-32-24-13-20-6-4-3-5-19(20)12-21(24)26(29)27-14-18-7-8-23-25(11-18)31-10-9-30-23/h3-8,11-13H,9-10,14-15H2,1-2H3,(H,27,29). The molecule has 7 nitrogen and oxygen atoms in total. The van der Waals surface area contributed by atoms with E-state index in [-0.39, 0.29) is 12.5 Å². The zero-order valence-electron chi connectivity index (χ0n) is 18.5. The molecule has 168 valence electrons. The van der Waals surface area contributed by atoms with Crippen molar-refractivity contribution in [2.75, 3.05) is 13.2 Å². The van der Waals surface area contributed by atoms with Crippen LogP contribution in [0.15, 0.2) is 59.1 Å². The Morgan fingerprint density at radius 1 is 1.00 bits per heavy atom. The van der Waals surface area contributed by atoms with Crippen molar-refractivity contribution in [1.82, 2.24) is 10.5 Å². The lowest BCUT2D eigenvalue weighted by Crippen LogP contribution is -2.24. The van der Waals surface area contributed by atoms with Gasteiger partial charge in [-0.3, -0.25) is 4.79 Å². The van der Waals surface area contributed by atoms with Crippen LogP contribution in [-0.2, 0) is 13.2 Å². The molecule has 2 heterocycles. The van der Waals surface area contributed by atoms with Crippen LogP contribution in [0.2, 0.25) is 0 Å². The van der Waals surface area contributed by atoms with E-state index in [9.17, 15) is 4.79 Å². The average Bonchev–Trinajstić information content (AvgIpc) is 3.17. The number of nitrogens with one attached hydrogen (secondary N) is 1. The number of aryl methyl sites for hydroxylation is 2. The Hall–Kier alpha value is -4.00. The first-order valence-corrected chi connectivity index (χ1v) is 10.8. The summed E-state index contributed by atoms with van der Waals surface area (Å²) in [5, 5.41) is 8.93. The molecule has 1 aliphatic heterocycles. The van der Waals surface area contributed by atoms with E-state index in [1.807, 2.05) is 68.4 Å². The van der Waals surface area contributed by atoms with Crippen molar-refractivity contribution in [1.29, 1.82) is 0 Å². The molecule has 0 unspecified atom stereocenters. The lowest BCUT2D eigenvalue weighted by atomic mass is 10.0. The number of ether oxygens (including phenoxy) is 3. The molecule has 0 saturated carbocycles. The smallest absolute Gasteiger partial charge is 0.255 e. The predicted octanol–water partition coefficient (Wildman–Crippen LogP) is 4.72. The molecular weight excluding hydrogens is 420 g/mol. The molecule has 7 heteroatoms. The van der Waals surface area contributed by atoms with Crippen LogP contribution in [0.4, 0.5) is 0 Å². The van der Waals surface area contributed by atoms with Gasteiger partial charge in [-0.25, -0.2) is 0 Å². The summed E-state index contributed by atoms with van der Waals surface area (Å²) >= 11 is 0. The third-order valence-corrected chi connectivity index (χ3v) is 5.71. The number of carbonyl (C=O) groups is 1. The largest absolute Gasteiger partial charge is 0.488 e. The van der Waals surface area contributed by atoms with Crippen LogP contribution in [0.5, 0.6) is 17.2 Å². The Bertz CT molecular complexity index is 1310. The second-order valence-electron chi connectivity index (χ2n) is 7.95. The fourth-order valence-corrected chi connectivity index (χ4v) is 3.85. The Labute approximate surface area is 191 Å². The maximum absolute atomic E-state index is 13.2. The SMILES string of the molecule is Cc1noc(C)c1COc1cc2ccccc2cc1C(=O)NCc1ccc2c(c1)OCCO2. The lowest BCUT2D eigenvalue weighted by molar-refractivity contribution is 0.0946. The molecule has 5 rings (SSSR count). The maximum atomic E-state index is 13.2. The van der Waals surface area contributed by atoms with Gasteiger partial charge in [0.2, 0.25) is 0 Å². The summed E-state index contributed by atoms with van der Waals surface area (Å²) in [6, 6.07) is 17.3. The number of rotatable bonds is 6. The van der Waals surface area contributed by atoms with Crippen LogP contribution in [0.1, 0.15) is 32.9 Å². The minimum atomic E-state index is -0.218. The number of amides is 1. The molecule has 0 bridgehead atoms. The van der Waals surface area contributed by atoms with Gasteiger partial charge in [-0.05, 0) is 54.4 Å². The van der Waals surface area contributed by atoms with Crippen LogP contribution >= 0.6 is 0 Å². The topological polar surface area (TPSA) is 82.8 Å². The quantitative estimate of drug-likeness (QED) is 0.463. The number of benzene rings is 3. The van der Waals surface area contributed by atoms with E-state index < -0.39 is 0 Å². The normalized spacial score (nSPS) is 12.5. The van der Waals surface area contributed by atoms with Crippen molar-refractivity contribution in [2.45, 2.75) is 27.0 Å². The summed E-state index contributed by atoms with van der Waals surface area (Å²) in [7, 11) is 0. The third-order valence-electron chi connectivity index (χ3n) is 5.71. The van der Waals surface area contributed by atoms with Gasteiger partial charge in [0.1, 0.15) is 31.3 Å². The van der Waals surface area contributed by atoms with E-state index in [0.29, 0.717) is 42.6 Å². The van der Waals surface area contributed by atoms with Gasteiger partial charge in [0.05, 0.1) is 16.8 Å². The monoisotopic (exact) mass is 444 g/mol. The Morgan fingerprint density at radius 3 is 2.52 bits per heavy atom. The number of hydrogen-bond acceptors (Lipinski definition) is 6. The molecule has 0 aliphatic carbocycles. The van der Waals surface area contributed by atoms with Crippen LogP contribution < -0.4 is 19.5 Å². The summed E-state index contributed by atoms with van der Waals surface area (Å²) in [6.45, 7) is 5.40. The third kappa shape index (κ3) is 4.35. The fourth-order valence-electron chi connectivity index (χ4n) is 3.85. The highest BCUT2D eigenvalue weighted by molar-refractivity contribution is 6.01. The summed E-state index contributed by atoms with van der Waals surface area (Å²) < 4.78 is 22.5. The number of aromatic nitrogens is 1. The average molecular weight is 444 g/mol. The molecule has 1 amide bonds. The Balaban J connectivity index is 1.38. The molecule has 0 saturated heterocycles. The van der Waals surface area contributed by atoms with Crippen molar-refractivity contribution >= 4 is 16.7 Å². The number of carbonyl (C=O) groups excluding carboxylic acids is 1. The minimum Gasteiger partial charge on any atom is -0.488 e. The second kappa shape index (κ2) is 8.86. The molecule has 0 atom stereocenters. The first kappa shape index (κ1) is 20.9. The summed E-state index contributed by atoms with van der Waals surface area (Å²) in [4.78, 5) is 13.2. The van der Waals surface area contributed by atoms with E-state index in [2.05, 4.69) is 10.5 Å². The van der Waals surface area contributed by atoms with Crippen LogP contribution in [0, 0.1) is 13.8 Å². The highest BCUT2D eigenvalue weighted by atomic mass is 16.6. The molecule has 1 aliphatic rings. The number of nitrogens with zero attached hydrogens (tertiary/aromatic N) is 1. The highest BCUT2D eigenvalue weighted by Gasteiger charge is 2.17. The molecule has 1 N–H and O–H groups in total. The van der Waals surface area contributed by atoms with E-state index >= 15 is 0 Å². The predicted molar refractivity (Wildman–Crippen MR) is 123 cm³/mol. The van der Waals surface area contributed by atoms with Crippen LogP contribution in [0.3, 0.4) is 0 Å². The molecule has 0 spiro atoms. The van der Waals surface area contributed by atoms with Crippen molar-refractivity contribution in [3.8, 4) is 17.2 Å².